The summed E-state index contributed by atoms with van der Waals surface area (Å²) < 4.78 is 0. The zero-order valence-corrected chi connectivity index (χ0v) is 12.3. The first-order valence-electron chi connectivity index (χ1n) is 6.48. The molecule has 0 aliphatic carbocycles. The van der Waals surface area contributed by atoms with Crippen LogP contribution in [0.15, 0.2) is 18.2 Å². The second-order valence-corrected chi connectivity index (χ2v) is 5.83. The summed E-state index contributed by atoms with van der Waals surface area (Å²) in [5, 5.41) is 13.7. The molecule has 1 aromatic rings. The maximum absolute atomic E-state index is 12.1. The SMILES string of the molecule is CC(C)C(C)(C)CNC(=O)c1cccc(N)c1[N+](=O)[O-]. The van der Waals surface area contributed by atoms with Crippen molar-refractivity contribution in [3.8, 4) is 0 Å². The van der Waals surface area contributed by atoms with Crippen LogP contribution in [0.4, 0.5) is 11.4 Å². The highest BCUT2D eigenvalue weighted by molar-refractivity contribution is 6.00. The number of rotatable bonds is 5. The van der Waals surface area contributed by atoms with E-state index in [1.54, 1.807) is 0 Å². The second-order valence-electron chi connectivity index (χ2n) is 5.83. The number of para-hydroxylation sites is 1. The summed E-state index contributed by atoms with van der Waals surface area (Å²) in [6.07, 6.45) is 0. The van der Waals surface area contributed by atoms with E-state index in [-0.39, 0.29) is 22.4 Å². The fraction of sp³-hybridized carbons (Fsp3) is 0.500. The molecule has 1 amide bonds. The number of carbonyl (C=O) groups is 1. The van der Waals surface area contributed by atoms with E-state index in [2.05, 4.69) is 19.2 Å². The summed E-state index contributed by atoms with van der Waals surface area (Å²) in [4.78, 5) is 22.5. The fourth-order valence-electron chi connectivity index (χ4n) is 1.56. The van der Waals surface area contributed by atoms with Gasteiger partial charge < -0.3 is 11.1 Å². The van der Waals surface area contributed by atoms with Crippen molar-refractivity contribution in [2.75, 3.05) is 12.3 Å². The van der Waals surface area contributed by atoms with Gasteiger partial charge in [-0.2, -0.15) is 0 Å². The van der Waals surface area contributed by atoms with Crippen molar-refractivity contribution < 1.29 is 9.72 Å². The Balaban J connectivity index is 2.95. The van der Waals surface area contributed by atoms with Gasteiger partial charge in [0.15, 0.2) is 0 Å². The van der Waals surface area contributed by atoms with E-state index >= 15 is 0 Å². The van der Waals surface area contributed by atoms with Crippen LogP contribution in [-0.4, -0.2) is 17.4 Å². The van der Waals surface area contributed by atoms with Crippen LogP contribution in [0.1, 0.15) is 38.1 Å². The quantitative estimate of drug-likeness (QED) is 0.491. The van der Waals surface area contributed by atoms with Crippen LogP contribution in [0, 0.1) is 21.4 Å². The van der Waals surface area contributed by atoms with Crippen molar-refractivity contribution in [2.24, 2.45) is 11.3 Å². The minimum absolute atomic E-state index is 0.00504. The predicted molar refractivity (Wildman–Crippen MR) is 78.5 cm³/mol. The molecule has 0 fully saturated rings. The third-order valence-corrected chi connectivity index (χ3v) is 3.76. The molecule has 0 unspecified atom stereocenters. The van der Waals surface area contributed by atoms with Crippen LogP contribution in [0.3, 0.4) is 0 Å². The Bertz CT molecular complexity index is 524. The molecule has 0 atom stereocenters. The van der Waals surface area contributed by atoms with Crippen LogP contribution < -0.4 is 11.1 Å². The maximum atomic E-state index is 12.1. The van der Waals surface area contributed by atoms with E-state index in [4.69, 9.17) is 5.73 Å². The first-order chi connectivity index (χ1) is 9.16. The normalized spacial score (nSPS) is 11.4. The number of benzene rings is 1. The molecule has 3 N–H and O–H groups in total. The summed E-state index contributed by atoms with van der Waals surface area (Å²) >= 11 is 0. The number of nitrogens with two attached hydrogens (primary N) is 1. The summed E-state index contributed by atoms with van der Waals surface area (Å²) in [5.74, 6) is -0.101. The van der Waals surface area contributed by atoms with Crippen molar-refractivity contribution in [3.05, 3.63) is 33.9 Å². The van der Waals surface area contributed by atoms with Crippen LogP contribution in [-0.2, 0) is 0 Å². The average Bonchev–Trinajstić information content (AvgIpc) is 2.35. The molecule has 0 saturated carbocycles. The lowest BCUT2D eigenvalue weighted by Crippen LogP contribution is -2.37. The number of nitrogens with zero attached hydrogens (tertiary/aromatic N) is 1. The van der Waals surface area contributed by atoms with Crippen molar-refractivity contribution in [2.45, 2.75) is 27.7 Å². The van der Waals surface area contributed by atoms with E-state index in [1.165, 1.54) is 18.2 Å². The average molecular weight is 279 g/mol. The zero-order chi connectivity index (χ0) is 15.5. The first-order valence-corrected chi connectivity index (χ1v) is 6.48. The highest BCUT2D eigenvalue weighted by Gasteiger charge is 2.26. The Morgan fingerprint density at radius 1 is 1.45 bits per heavy atom. The van der Waals surface area contributed by atoms with Crippen LogP contribution in [0.25, 0.3) is 0 Å². The number of nitro benzene ring substituents is 1. The molecule has 20 heavy (non-hydrogen) atoms. The third-order valence-electron chi connectivity index (χ3n) is 3.76. The van der Waals surface area contributed by atoms with E-state index in [9.17, 15) is 14.9 Å². The molecule has 0 heterocycles. The van der Waals surface area contributed by atoms with Gasteiger partial charge in [0.2, 0.25) is 0 Å². The summed E-state index contributed by atoms with van der Waals surface area (Å²) in [7, 11) is 0. The highest BCUT2D eigenvalue weighted by Crippen LogP contribution is 2.27. The lowest BCUT2D eigenvalue weighted by atomic mass is 9.81. The van der Waals surface area contributed by atoms with Gasteiger partial charge in [0.25, 0.3) is 5.91 Å². The van der Waals surface area contributed by atoms with Crippen molar-refractivity contribution >= 4 is 17.3 Å². The number of nitrogen functional groups attached to an aromatic ring is 1. The van der Waals surface area contributed by atoms with Crippen LogP contribution in [0.2, 0.25) is 0 Å². The van der Waals surface area contributed by atoms with Gasteiger partial charge >= 0.3 is 5.69 Å². The van der Waals surface area contributed by atoms with Gasteiger partial charge in [-0.25, -0.2) is 0 Å². The van der Waals surface area contributed by atoms with Gasteiger partial charge in [-0.3, -0.25) is 14.9 Å². The van der Waals surface area contributed by atoms with E-state index < -0.39 is 10.8 Å². The van der Waals surface area contributed by atoms with Crippen LogP contribution in [0.5, 0.6) is 0 Å². The van der Waals surface area contributed by atoms with Crippen molar-refractivity contribution in [3.63, 3.8) is 0 Å². The third kappa shape index (κ3) is 3.46. The summed E-state index contributed by atoms with van der Waals surface area (Å²) in [6.45, 7) is 8.64. The van der Waals surface area contributed by atoms with Gasteiger partial charge in [-0.05, 0) is 23.5 Å². The van der Waals surface area contributed by atoms with Gasteiger partial charge in [0, 0.05) is 6.54 Å². The zero-order valence-electron chi connectivity index (χ0n) is 12.3. The summed E-state index contributed by atoms with van der Waals surface area (Å²) in [5.41, 5.74) is 5.12. The molecule has 6 nitrogen and oxygen atoms in total. The molecule has 0 aliphatic heterocycles. The Hall–Kier alpha value is -2.11. The standard InChI is InChI=1S/C14H21N3O3/c1-9(2)14(3,4)8-16-13(18)10-6-5-7-11(15)12(10)17(19)20/h5-7,9H,8,15H2,1-4H3,(H,16,18). The van der Waals surface area contributed by atoms with E-state index in [0.717, 1.165) is 0 Å². The molecular weight excluding hydrogens is 258 g/mol. The largest absolute Gasteiger partial charge is 0.393 e. The molecule has 1 aromatic carbocycles. The molecule has 0 spiro atoms. The minimum Gasteiger partial charge on any atom is -0.393 e. The molecule has 0 aromatic heterocycles. The second kappa shape index (κ2) is 5.90. The number of anilines is 1. The first kappa shape index (κ1) is 15.9. The number of hydrogen-bond acceptors (Lipinski definition) is 4. The topological polar surface area (TPSA) is 98.3 Å². The van der Waals surface area contributed by atoms with Crippen molar-refractivity contribution in [1.29, 1.82) is 0 Å². The highest BCUT2D eigenvalue weighted by atomic mass is 16.6. The lowest BCUT2D eigenvalue weighted by molar-refractivity contribution is -0.384. The number of hydrogen-bond donors (Lipinski definition) is 2. The Morgan fingerprint density at radius 3 is 2.55 bits per heavy atom. The Morgan fingerprint density at radius 2 is 2.05 bits per heavy atom. The fourth-order valence-corrected chi connectivity index (χ4v) is 1.56. The number of nitro groups is 1. The van der Waals surface area contributed by atoms with Gasteiger partial charge in [0.1, 0.15) is 11.3 Å². The molecule has 1 rings (SSSR count). The molecule has 6 heteroatoms. The Kier molecular flexibility index (Phi) is 4.70. The van der Waals surface area contributed by atoms with Gasteiger partial charge in [-0.15, -0.1) is 0 Å². The molecule has 0 bridgehead atoms. The van der Waals surface area contributed by atoms with Gasteiger partial charge in [0.05, 0.1) is 4.92 Å². The molecular formula is C14H21N3O3. The maximum Gasteiger partial charge on any atom is 0.304 e. The number of carbonyl (C=O) groups excluding carboxylic acids is 1. The summed E-state index contributed by atoms with van der Waals surface area (Å²) in [6, 6.07) is 4.35. The molecule has 0 saturated heterocycles. The lowest BCUT2D eigenvalue weighted by Gasteiger charge is -2.29. The van der Waals surface area contributed by atoms with Crippen molar-refractivity contribution in [1.82, 2.24) is 5.32 Å². The number of nitrogens with one attached hydrogen (secondary N) is 1. The monoisotopic (exact) mass is 279 g/mol. The Labute approximate surface area is 118 Å². The minimum atomic E-state index is -0.627. The smallest absolute Gasteiger partial charge is 0.304 e. The molecule has 0 aliphatic rings. The number of amides is 1. The molecule has 110 valence electrons. The van der Waals surface area contributed by atoms with E-state index in [1.807, 2.05) is 13.8 Å². The predicted octanol–water partition coefficient (Wildman–Crippen LogP) is 2.59. The van der Waals surface area contributed by atoms with E-state index in [0.29, 0.717) is 12.5 Å². The van der Waals surface area contributed by atoms with Crippen LogP contribution >= 0.6 is 0 Å². The molecule has 0 radical (unpaired) electrons. The van der Waals surface area contributed by atoms with Gasteiger partial charge in [-0.1, -0.05) is 33.8 Å².